The molecule has 0 heterocycles. The summed E-state index contributed by atoms with van der Waals surface area (Å²) in [7, 11) is -1.08. The number of rotatable bonds is 5. The van der Waals surface area contributed by atoms with Crippen LogP contribution in [-0.2, 0) is 15.6 Å². The Kier molecular flexibility index (Phi) is 5.15. The van der Waals surface area contributed by atoms with Crippen molar-refractivity contribution in [2.75, 3.05) is 12.9 Å². The minimum Gasteiger partial charge on any atom is -0.481 e. The minimum atomic E-state index is -1.08. The molecule has 1 aliphatic carbocycles. The van der Waals surface area contributed by atoms with Gasteiger partial charge >= 0.3 is 5.97 Å². The van der Waals surface area contributed by atoms with Crippen LogP contribution in [0.15, 0.2) is 52.9 Å². The average Bonchev–Trinajstić information content (AvgIpc) is 2.87. The van der Waals surface area contributed by atoms with Crippen LogP contribution in [0.2, 0.25) is 0 Å². The smallest absolute Gasteiger partial charge is 0.307 e. The van der Waals surface area contributed by atoms with Crippen molar-refractivity contribution in [3.63, 3.8) is 0 Å². The second kappa shape index (κ2) is 7.35. The highest BCUT2D eigenvalue weighted by molar-refractivity contribution is 7.84. The molecule has 1 atom stereocenters. The number of fused-ring (bicyclic) bond motifs is 1. The number of benzene rings is 2. The monoisotopic (exact) mass is 372 g/mol. The van der Waals surface area contributed by atoms with Crippen LogP contribution in [0.5, 0.6) is 0 Å². The van der Waals surface area contributed by atoms with Gasteiger partial charge in [-0.15, -0.1) is 0 Å². The van der Waals surface area contributed by atoms with E-state index in [0.29, 0.717) is 32.7 Å². The molecule has 0 unspecified atom stereocenters. The fourth-order valence-corrected chi connectivity index (χ4v) is 3.63. The first-order valence-corrected chi connectivity index (χ1v) is 9.47. The summed E-state index contributed by atoms with van der Waals surface area (Å²) in [4.78, 5) is 11.9. The van der Waals surface area contributed by atoms with Gasteiger partial charge < -0.3 is 10.2 Å². The highest BCUT2D eigenvalue weighted by atomic mass is 32.2. The molecule has 0 fully saturated rings. The first kappa shape index (κ1) is 18.2. The Balaban J connectivity index is 2.14. The van der Waals surface area contributed by atoms with E-state index in [1.54, 1.807) is 36.6 Å². The van der Waals surface area contributed by atoms with E-state index in [9.17, 15) is 23.6 Å². The molecule has 2 aromatic rings. The molecule has 0 saturated carbocycles. The molecule has 26 heavy (non-hydrogen) atoms. The third kappa shape index (κ3) is 3.52. The fourth-order valence-electron chi connectivity index (χ4n) is 3.11. The molecule has 4 nitrogen and oxygen atoms in total. The standard InChI is InChI=1S/C20H17FO4S/c1-26(25)14-5-2-12(3-6-14)8-16-15-7-4-13(21)9-17(15)18(10-20(23)24)19(16)11-22/h2-9,22H,10-11H2,1H3,(H,23,24)/b16-8+/t26-/m0/s1. The molecule has 0 saturated heterocycles. The van der Waals surface area contributed by atoms with Crippen molar-refractivity contribution < 1.29 is 23.6 Å². The molecule has 0 bridgehead atoms. The van der Waals surface area contributed by atoms with Gasteiger partial charge in [0.2, 0.25) is 0 Å². The number of aliphatic hydroxyl groups is 1. The van der Waals surface area contributed by atoms with Gasteiger partial charge in [-0.1, -0.05) is 18.2 Å². The minimum absolute atomic E-state index is 0.294. The van der Waals surface area contributed by atoms with Crippen molar-refractivity contribution in [3.05, 3.63) is 70.5 Å². The highest BCUT2D eigenvalue weighted by Crippen LogP contribution is 2.43. The van der Waals surface area contributed by atoms with Gasteiger partial charge in [-0.2, -0.15) is 0 Å². The topological polar surface area (TPSA) is 74.6 Å². The normalized spacial score (nSPS) is 16.0. The van der Waals surface area contributed by atoms with Gasteiger partial charge in [0.25, 0.3) is 0 Å². The number of carboxylic acid groups (broad SMARTS) is 1. The largest absolute Gasteiger partial charge is 0.481 e. The van der Waals surface area contributed by atoms with Crippen molar-refractivity contribution >= 4 is 34.0 Å². The van der Waals surface area contributed by atoms with Crippen LogP contribution in [0.25, 0.3) is 17.2 Å². The van der Waals surface area contributed by atoms with E-state index < -0.39 is 22.6 Å². The molecule has 134 valence electrons. The van der Waals surface area contributed by atoms with E-state index in [1.807, 2.05) is 6.08 Å². The highest BCUT2D eigenvalue weighted by Gasteiger charge is 2.27. The predicted molar refractivity (Wildman–Crippen MR) is 99.3 cm³/mol. The van der Waals surface area contributed by atoms with Gasteiger partial charge in [-0.3, -0.25) is 9.00 Å². The Labute approximate surface area is 152 Å². The Bertz CT molecular complexity index is 958. The van der Waals surface area contributed by atoms with Crippen molar-refractivity contribution in [2.45, 2.75) is 11.3 Å². The number of carboxylic acids is 1. The van der Waals surface area contributed by atoms with Crippen LogP contribution in [0.3, 0.4) is 0 Å². The lowest BCUT2D eigenvalue weighted by atomic mass is 10.0. The summed E-state index contributed by atoms with van der Waals surface area (Å²) < 4.78 is 25.2. The van der Waals surface area contributed by atoms with E-state index >= 15 is 0 Å². The SMILES string of the molecule is C[S@](=O)c1ccc(/C=C2/C(CO)=C(CC(=O)O)c3cc(F)ccc32)cc1. The van der Waals surface area contributed by atoms with Gasteiger partial charge in [0.15, 0.2) is 0 Å². The Morgan fingerprint density at radius 1 is 1.12 bits per heavy atom. The summed E-state index contributed by atoms with van der Waals surface area (Å²) in [5.74, 6) is -1.50. The van der Waals surface area contributed by atoms with Crippen LogP contribution in [0.4, 0.5) is 4.39 Å². The average molecular weight is 372 g/mol. The van der Waals surface area contributed by atoms with E-state index in [2.05, 4.69) is 0 Å². The zero-order chi connectivity index (χ0) is 18.8. The van der Waals surface area contributed by atoms with Gasteiger partial charge in [-0.05, 0) is 63.8 Å². The molecule has 0 aliphatic heterocycles. The maximum absolute atomic E-state index is 13.7. The Morgan fingerprint density at radius 2 is 1.81 bits per heavy atom. The number of halogens is 1. The summed E-state index contributed by atoms with van der Waals surface area (Å²) in [6.07, 6.45) is 3.12. The van der Waals surface area contributed by atoms with Crippen LogP contribution < -0.4 is 0 Å². The summed E-state index contributed by atoms with van der Waals surface area (Å²) in [5, 5.41) is 19.0. The van der Waals surface area contributed by atoms with Crippen LogP contribution in [0.1, 0.15) is 23.1 Å². The maximum atomic E-state index is 13.7. The Hall–Kier alpha value is -2.57. The Morgan fingerprint density at radius 3 is 2.38 bits per heavy atom. The quantitative estimate of drug-likeness (QED) is 0.844. The first-order chi connectivity index (χ1) is 12.4. The number of aliphatic carboxylic acids is 1. The molecule has 6 heteroatoms. The van der Waals surface area contributed by atoms with Gasteiger partial charge in [0.1, 0.15) is 5.82 Å². The van der Waals surface area contributed by atoms with Gasteiger partial charge in [0, 0.05) is 22.0 Å². The molecule has 1 aliphatic rings. The van der Waals surface area contributed by atoms with E-state index in [4.69, 9.17) is 0 Å². The van der Waals surface area contributed by atoms with Crippen LogP contribution in [0, 0.1) is 5.82 Å². The van der Waals surface area contributed by atoms with E-state index in [0.717, 1.165) is 5.56 Å². The van der Waals surface area contributed by atoms with Gasteiger partial charge in [-0.25, -0.2) is 4.39 Å². The van der Waals surface area contributed by atoms with Crippen molar-refractivity contribution in [3.8, 4) is 0 Å². The maximum Gasteiger partial charge on any atom is 0.307 e. The number of carbonyl (C=O) groups is 1. The molecule has 0 spiro atoms. The van der Waals surface area contributed by atoms with Crippen molar-refractivity contribution in [2.24, 2.45) is 0 Å². The predicted octanol–water partition coefficient (Wildman–Crippen LogP) is 3.34. The van der Waals surface area contributed by atoms with Crippen molar-refractivity contribution in [1.29, 1.82) is 0 Å². The summed E-state index contributed by atoms with van der Waals surface area (Å²) in [6, 6.07) is 11.3. The van der Waals surface area contributed by atoms with Crippen LogP contribution in [-0.4, -0.2) is 33.3 Å². The first-order valence-electron chi connectivity index (χ1n) is 7.91. The van der Waals surface area contributed by atoms with E-state index in [1.165, 1.54) is 12.1 Å². The molecule has 3 rings (SSSR count). The summed E-state index contributed by atoms with van der Waals surface area (Å²) in [6.45, 7) is -0.345. The van der Waals surface area contributed by atoms with Crippen LogP contribution >= 0.6 is 0 Å². The molecule has 0 radical (unpaired) electrons. The summed E-state index contributed by atoms with van der Waals surface area (Å²) in [5.41, 5.74) is 3.57. The number of aliphatic hydroxyl groups excluding tert-OH is 1. The second-order valence-corrected chi connectivity index (χ2v) is 7.34. The molecule has 2 N–H and O–H groups in total. The zero-order valence-electron chi connectivity index (χ0n) is 14.0. The van der Waals surface area contributed by atoms with Gasteiger partial charge in [0.05, 0.1) is 13.0 Å². The molecule has 0 amide bonds. The van der Waals surface area contributed by atoms with E-state index in [-0.39, 0.29) is 13.0 Å². The number of hydrogen-bond donors (Lipinski definition) is 2. The third-order valence-corrected chi connectivity index (χ3v) is 5.23. The van der Waals surface area contributed by atoms with Crippen molar-refractivity contribution in [1.82, 2.24) is 0 Å². The fraction of sp³-hybridized carbons (Fsp3) is 0.150. The lowest BCUT2D eigenvalue weighted by molar-refractivity contribution is -0.135. The molecular formula is C20H17FO4S. The number of hydrogen-bond acceptors (Lipinski definition) is 3. The molecule has 2 aromatic carbocycles. The summed E-state index contributed by atoms with van der Waals surface area (Å²) >= 11 is 0. The second-order valence-electron chi connectivity index (χ2n) is 5.96. The lowest BCUT2D eigenvalue weighted by Gasteiger charge is -2.06. The zero-order valence-corrected chi connectivity index (χ0v) is 14.8. The lowest BCUT2D eigenvalue weighted by Crippen LogP contribution is -1.99. The third-order valence-electron chi connectivity index (χ3n) is 4.30. The molecule has 0 aromatic heterocycles. The molecular weight excluding hydrogens is 355 g/mol.